The Hall–Kier alpha value is -1.82. The van der Waals surface area contributed by atoms with Crippen LogP contribution in [0, 0.1) is 5.82 Å². The van der Waals surface area contributed by atoms with Crippen LogP contribution in [0.5, 0.6) is 5.75 Å². The first-order valence-electron chi connectivity index (χ1n) is 6.04. The summed E-state index contributed by atoms with van der Waals surface area (Å²) in [6, 6.07) is 2.56. The monoisotopic (exact) mass is 303 g/mol. The molecule has 0 saturated heterocycles. The van der Waals surface area contributed by atoms with Crippen molar-refractivity contribution in [1.29, 1.82) is 0 Å². The van der Waals surface area contributed by atoms with E-state index in [0.29, 0.717) is 12.8 Å². The predicted octanol–water partition coefficient (Wildman–Crippen LogP) is 2.23. The molecular formula is C13H15ClFNO4. The van der Waals surface area contributed by atoms with Gasteiger partial charge in [0.2, 0.25) is 0 Å². The lowest BCUT2D eigenvalue weighted by atomic mass is 10.2. The maximum atomic E-state index is 12.8. The Kier molecular flexibility index (Phi) is 6.24. The van der Waals surface area contributed by atoms with Crippen LogP contribution in [-0.2, 0) is 9.59 Å². The molecule has 0 saturated carbocycles. The molecule has 0 bridgehead atoms. The maximum absolute atomic E-state index is 12.8. The van der Waals surface area contributed by atoms with Gasteiger partial charge in [-0.25, -0.2) is 9.18 Å². The van der Waals surface area contributed by atoms with Crippen molar-refractivity contribution < 1.29 is 23.8 Å². The average Bonchev–Trinajstić information content (AvgIpc) is 2.37. The zero-order valence-electron chi connectivity index (χ0n) is 10.9. The van der Waals surface area contributed by atoms with Crippen molar-refractivity contribution in [2.45, 2.75) is 25.8 Å². The molecule has 110 valence electrons. The minimum atomic E-state index is -1.10. The van der Waals surface area contributed by atoms with E-state index in [1.54, 1.807) is 0 Å². The lowest BCUT2D eigenvalue weighted by Gasteiger charge is -2.14. The maximum Gasteiger partial charge on any atom is 0.326 e. The highest BCUT2D eigenvalue weighted by Crippen LogP contribution is 2.24. The van der Waals surface area contributed by atoms with Crippen LogP contribution in [0.15, 0.2) is 18.2 Å². The second-order valence-electron chi connectivity index (χ2n) is 4.11. The third-order valence-corrected chi connectivity index (χ3v) is 2.76. The second kappa shape index (κ2) is 7.69. The van der Waals surface area contributed by atoms with Crippen molar-refractivity contribution in [2.75, 3.05) is 6.61 Å². The molecule has 2 N–H and O–H groups in total. The smallest absolute Gasteiger partial charge is 0.326 e. The van der Waals surface area contributed by atoms with Crippen molar-refractivity contribution >= 4 is 23.5 Å². The van der Waals surface area contributed by atoms with Crippen LogP contribution in [-0.4, -0.2) is 29.6 Å². The number of rotatable bonds is 7. The molecule has 1 atom stereocenters. The fraction of sp³-hybridized carbons (Fsp3) is 0.385. The average molecular weight is 304 g/mol. The number of aliphatic carboxylic acids is 1. The predicted molar refractivity (Wildman–Crippen MR) is 71.4 cm³/mol. The normalized spacial score (nSPS) is 11.8. The number of carbonyl (C=O) groups excluding carboxylic acids is 1. The van der Waals surface area contributed by atoms with E-state index in [1.165, 1.54) is 6.07 Å². The van der Waals surface area contributed by atoms with Crippen molar-refractivity contribution in [1.82, 2.24) is 5.32 Å². The number of carbonyl (C=O) groups is 2. The molecule has 0 aliphatic rings. The molecule has 0 unspecified atom stereocenters. The Bertz CT molecular complexity index is 495. The first-order valence-corrected chi connectivity index (χ1v) is 6.41. The number of halogens is 2. The SMILES string of the molecule is CCC[C@@H](NC(=O)COc1ccc(F)cc1Cl)C(=O)O. The van der Waals surface area contributed by atoms with Gasteiger partial charge in [-0.1, -0.05) is 24.9 Å². The van der Waals surface area contributed by atoms with Crippen molar-refractivity contribution in [3.8, 4) is 5.75 Å². The Morgan fingerprint density at radius 3 is 2.75 bits per heavy atom. The number of benzene rings is 1. The van der Waals surface area contributed by atoms with Crippen LogP contribution in [0.1, 0.15) is 19.8 Å². The highest BCUT2D eigenvalue weighted by atomic mass is 35.5. The van der Waals surface area contributed by atoms with Crippen LogP contribution in [0.2, 0.25) is 5.02 Å². The van der Waals surface area contributed by atoms with Gasteiger partial charge >= 0.3 is 5.97 Å². The first-order chi connectivity index (χ1) is 9.43. The van der Waals surface area contributed by atoms with E-state index < -0.39 is 30.3 Å². The Balaban J connectivity index is 2.52. The highest BCUT2D eigenvalue weighted by molar-refractivity contribution is 6.32. The summed E-state index contributed by atoms with van der Waals surface area (Å²) in [6.45, 7) is 1.43. The minimum absolute atomic E-state index is 0.0427. The summed E-state index contributed by atoms with van der Waals surface area (Å²) < 4.78 is 17.9. The third kappa shape index (κ3) is 5.05. The summed E-state index contributed by atoms with van der Waals surface area (Å²) in [5.74, 6) is -2.03. The summed E-state index contributed by atoms with van der Waals surface area (Å²) >= 11 is 5.73. The molecule has 0 aliphatic carbocycles. The Morgan fingerprint density at radius 2 is 2.20 bits per heavy atom. The molecule has 0 aliphatic heterocycles. The van der Waals surface area contributed by atoms with Gasteiger partial charge in [-0.3, -0.25) is 4.79 Å². The van der Waals surface area contributed by atoms with E-state index in [-0.39, 0.29) is 10.8 Å². The van der Waals surface area contributed by atoms with E-state index in [9.17, 15) is 14.0 Å². The van der Waals surface area contributed by atoms with Crippen LogP contribution >= 0.6 is 11.6 Å². The molecule has 20 heavy (non-hydrogen) atoms. The van der Waals surface area contributed by atoms with Gasteiger partial charge < -0.3 is 15.2 Å². The summed E-state index contributed by atoms with van der Waals surface area (Å²) in [5, 5.41) is 11.3. The van der Waals surface area contributed by atoms with Crippen LogP contribution in [0.3, 0.4) is 0 Å². The minimum Gasteiger partial charge on any atom is -0.482 e. The summed E-state index contributed by atoms with van der Waals surface area (Å²) in [7, 11) is 0. The first kappa shape index (κ1) is 16.2. The zero-order chi connectivity index (χ0) is 15.1. The van der Waals surface area contributed by atoms with Gasteiger partial charge in [0.15, 0.2) is 6.61 Å². The number of nitrogens with one attached hydrogen (secondary N) is 1. The molecule has 0 aromatic heterocycles. The van der Waals surface area contributed by atoms with Crippen molar-refractivity contribution in [2.24, 2.45) is 0 Å². The third-order valence-electron chi connectivity index (χ3n) is 2.46. The largest absolute Gasteiger partial charge is 0.482 e. The number of ether oxygens (including phenoxy) is 1. The second-order valence-corrected chi connectivity index (χ2v) is 4.52. The topological polar surface area (TPSA) is 75.6 Å². The summed E-state index contributed by atoms with van der Waals surface area (Å²) in [6.07, 6.45) is 0.959. The zero-order valence-corrected chi connectivity index (χ0v) is 11.6. The van der Waals surface area contributed by atoms with E-state index in [4.69, 9.17) is 21.4 Å². The molecule has 0 heterocycles. The van der Waals surface area contributed by atoms with E-state index in [0.717, 1.165) is 12.1 Å². The van der Waals surface area contributed by atoms with Crippen molar-refractivity contribution in [3.63, 3.8) is 0 Å². The number of carboxylic acids is 1. The highest BCUT2D eigenvalue weighted by Gasteiger charge is 2.19. The lowest BCUT2D eigenvalue weighted by molar-refractivity contribution is -0.142. The van der Waals surface area contributed by atoms with E-state index >= 15 is 0 Å². The Labute approximate surface area is 120 Å². The van der Waals surface area contributed by atoms with Gasteiger partial charge in [0.1, 0.15) is 17.6 Å². The van der Waals surface area contributed by atoms with Gasteiger partial charge in [-0.05, 0) is 24.6 Å². The van der Waals surface area contributed by atoms with Crippen molar-refractivity contribution in [3.05, 3.63) is 29.0 Å². The summed E-state index contributed by atoms with van der Waals surface area (Å²) in [5.41, 5.74) is 0. The van der Waals surface area contributed by atoms with Gasteiger partial charge in [-0.15, -0.1) is 0 Å². The summed E-state index contributed by atoms with van der Waals surface area (Å²) in [4.78, 5) is 22.4. The van der Waals surface area contributed by atoms with Gasteiger partial charge in [0, 0.05) is 0 Å². The van der Waals surface area contributed by atoms with E-state index in [1.807, 2.05) is 6.92 Å². The molecule has 0 fully saturated rings. The molecule has 1 aromatic rings. The molecule has 1 amide bonds. The van der Waals surface area contributed by atoms with Gasteiger partial charge in [-0.2, -0.15) is 0 Å². The van der Waals surface area contributed by atoms with Crippen LogP contribution < -0.4 is 10.1 Å². The van der Waals surface area contributed by atoms with Gasteiger partial charge in [0.25, 0.3) is 5.91 Å². The number of hydrogen-bond donors (Lipinski definition) is 2. The quantitative estimate of drug-likeness (QED) is 0.810. The molecule has 5 nitrogen and oxygen atoms in total. The lowest BCUT2D eigenvalue weighted by Crippen LogP contribution is -2.42. The van der Waals surface area contributed by atoms with Crippen LogP contribution in [0.25, 0.3) is 0 Å². The molecule has 0 radical (unpaired) electrons. The van der Waals surface area contributed by atoms with Gasteiger partial charge in [0.05, 0.1) is 5.02 Å². The molecule has 7 heteroatoms. The van der Waals surface area contributed by atoms with Crippen LogP contribution in [0.4, 0.5) is 4.39 Å². The fourth-order valence-electron chi connectivity index (χ4n) is 1.52. The number of hydrogen-bond acceptors (Lipinski definition) is 3. The standard InChI is InChI=1S/C13H15ClFNO4/c1-2-3-10(13(18)19)16-12(17)7-20-11-5-4-8(15)6-9(11)14/h4-6,10H,2-3,7H2,1H3,(H,16,17)(H,18,19)/t10-/m1/s1. The molecule has 1 rings (SSSR count). The van der Waals surface area contributed by atoms with E-state index in [2.05, 4.69) is 5.32 Å². The molecular weight excluding hydrogens is 289 g/mol. The fourth-order valence-corrected chi connectivity index (χ4v) is 1.74. The number of amides is 1. The molecule has 1 aromatic carbocycles. The number of carboxylic acid groups (broad SMARTS) is 1. The Morgan fingerprint density at radius 1 is 1.50 bits per heavy atom. The molecule has 0 spiro atoms.